The Hall–Kier alpha value is -4.33. The molecule has 1 aliphatic carbocycles. The molecule has 1 saturated carbocycles. The van der Waals surface area contributed by atoms with Crippen molar-refractivity contribution in [1.29, 1.82) is 0 Å². The summed E-state index contributed by atoms with van der Waals surface area (Å²) in [4.78, 5) is 51.8. The van der Waals surface area contributed by atoms with Crippen LogP contribution in [0.25, 0.3) is 21.9 Å². The van der Waals surface area contributed by atoms with Gasteiger partial charge in [0, 0.05) is 41.1 Å². The zero-order valence-electron chi connectivity index (χ0n) is 17.9. The summed E-state index contributed by atoms with van der Waals surface area (Å²) in [6.45, 7) is 0. The van der Waals surface area contributed by atoms with Gasteiger partial charge in [-0.15, -0.1) is 0 Å². The Morgan fingerprint density at radius 1 is 0.941 bits per heavy atom. The highest BCUT2D eigenvalue weighted by Crippen LogP contribution is 2.55. The molecule has 2 unspecified atom stereocenters. The first-order valence-corrected chi connectivity index (χ1v) is 11.0. The van der Waals surface area contributed by atoms with Crippen LogP contribution in [0.3, 0.4) is 0 Å². The third-order valence-electron chi connectivity index (χ3n) is 7.08. The van der Waals surface area contributed by atoms with Crippen LogP contribution in [0.1, 0.15) is 30.9 Å². The van der Waals surface area contributed by atoms with Crippen LogP contribution in [-0.2, 0) is 14.4 Å². The summed E-state index contributed by atoms with van der Waals surface area (Å²) in [6, 6.07) is 17.7. The van der Waals surface area contributed by atoms with Gasteiger partial charge in [-0.3, -0.25) is 29.4 Å². The molecule has 0 radical (unpaired) electrons. The monoisotopic (exact) mass is 454 g/mol. The predicted octanol–water partition coefficient (Wildman–Crippen LogP) is 4.89. The molecule has 6 rings (SSSR count). The van der Waals surface area contributed by atoms with Crippen LogP contribution in [0.2, 0.25) is 0 Å². The molecule has 8 nitrogen and oxygen atoms in total. The number of ketones is 2. The van der Waals surface area contributed by atoms with E-state index in [9.17, 15) is 24.5 Å². The van der Waals surface area contributed by atoms with Gasteiger partial charge < -0.3 is 4.42 Å². The highest BCUT2D eigenvalue weighted by molar-refractivity contribution is 6.50. The third-order valence-corrected chi connectivity index (χ3v) is 7.08. The van der Waals surface area contributed by atoms with E-state index in [0.29, 0.717) is 28.8 Å². The number of fused-ring (bicyclic) bond motifs is 3. The van der Waals surface area contributed by atoms with Crippen LogP contribution in [0.4, 0.5) is 11.4 Å². The molecule has 2 aliphatic rings. The molecule has 2 heterocycles. The molecular weight excluding hydrogens is 436 g/mol. The number of furan rings is 1. The summed E-state index contributed by atoms with van der Waals surface area (Å²) >= 11 is 0. The van der Waals surface area contributed by atoms with E-state index in [0.717, 1.165) is 10.8 Å². The maximum atomic E-state index is 13.4. The quantitative estimate of drug-likeness (QED) is 0.189. The topological polar surface area (TPSA) is 111 Å². The van der Waals surface area contributed by atoms with Crippen LogP contribution >= 0.6 is 0 Å². The Morgan fingerprint density at radius 3 is 2.38 bits per heavy atom. The maximum absolute atomic E-state index is 13.4. The number of anilines is 1. The lowest BCUT2D eigenvalue weighted by atomic mass is 9.74. The maximum Gasteiger partial charge on any atom is 0.296 e. The summed E-state index contributed by atoms with van der Waals surface area (Å²) in [5.41, 5.74) is 0.597. The highest BCUT2D eigenvalue weighted by Gasteiger charge is 2.65. The molecule has 1 amide bonds. The van der Waals surface area contributed by atoms with E-state index < -0.39 is 28.1 Å². The normalized spacial score (nSPS) is 22.5. The average molecular weight is 454 g/mol. The third kappa shape index (κ3) is 2.62. The number of para-hydroxylation sites is 1. The number of nitro benzene ring substituents is 1. The Bertz CT molecular complexity index is 1540. The molecule has 1 aromatic heterocycles. The second kappa shape index (κ2) is 7.08. The second-order valence-corrected chi connectivity index (χ2v) is 8.78. The van der Waals surface area contributed by atoms with Crippen molar-refractivity contribution in [3.63, 3.8) is 0 Å². The molecule has 0 bridgehead atoms. The summed E-state index contributed by atoms with van der Waals surface area (Å²) in [7, 11) is 0. The van der Waals surface area contributed by atoms with E-state index in [1.807, 2.05) is 30.3 Å². The number of carbonyl (C=O) groups excluding carboxylic acids is 3. The lowest BCUT2D eigenvalue weighted by Crippen LogP contribution is -2.38. The van der Waals surface area contributed by atoms with Gasteiger partial charge in [-0.1, -0.05) is 30.3 Å². The van der Waals surface area contributed by atoms with Crippen LogP contribution in [-0.4, -0.2) is 22.4 Å². The van der Waals surface area contributed by atoms with Crippen molar-refractivity contribution in [3.8, 4) is 0 Å². The molecule has 168 valence electrons. The van der Waals surface area contributed by atoms with Crippen molar-refractivity contribution >= 4 is 50.8 Å². The molecule has 1 saturated heterocycles. The summed E-state index contributed by atoms with van der Waals surface area (Å²) < 4.78 is 5.97. The van der Waals surface area contributed by atoms with E-state index in [4.69, 9.17) is 4.42 Å². The van der Waals surface area contributed by atoms with E-state index in [-0.39, 0.29) is 24.3 Å². The van der Waals surface area contributed by atoms with Gasteiger partial charge in [-0.05, 0) is 36.6 Å². The van der Waals surface area contributed by atoms with E-state index in [1.54, 1.807) is 12.1 Å². The molecule has 2 atom stereocenters. The Morgan fingerprint density at radius 2 is 1.68 bits per heavy atom. The van der Waals surface area contributed by atoms with Crippen LogP contribution < -0.4 is 4.90 Å². The number of Topliss-reactive ketones (excluding diaryl/α,β-unsaturated/α-hetero) is 2. The van der Waals surface area contributed by atoms with Crippen LogP contribution in [0.15, 0.2) is 71.1 Å². The minimum absolute atomic E-state index is 0.110. The lowest BCUT2D eigenvalue weighted by molar-refractivity contribution is -0.384. The Kier molecular flexibility index (Phi) is 4.23. The smallest absolute Gasteiger partial charge is 0.296 e. The second-order valence-electron chi connectivity index (χ2n) is 8.78. The van der Waals surface area contributed by atoms with Crippen molar-refractivity contribution in [2.24, 2.45) is 5.41 Å². The number of nitro groups is 1. The first-order chi connectivity index (χ1) is 16.4. The molecule has 0 N–H and O–H groups in total. The first-order valence-electron chi connectivity index (χ1n) is 11.0. The fraction of sp³-hybridized carbons (Fsp3) is 0.192. The number of hydrogen-bond acceptors (Lipinski definition) is 6. The van der Waals surface area contributed by atoms with E-state index in [1.165, 1.54) is 29.2 Å². The van der Waals surface area contributed by atoms with Gasteiger partial charge in [0.25, 0.3) is 11.6 Å². The van der Waals surface area contributed by atoms with Gasteiger partial charge in [-0.25, -0.2) is 0 Å². The summed E-state index contributed by atoms with van der Waals surface area (Å²) in [6.07, 6.45) is 0.998. The van der Waals surface area contributed by atoms with E-state index in [2.05, 4.69) is 0 Å². The van der Waals surface area contributed by atoms with Gasteiger partial charge in [-0.2, -0.15) is 0 Å². The molecule has 3 aromatic carbocycles. The standard InChI is InChI=1S/C26H18N2O6/c29-22-6-3-13-26(22)23(15-7-9-16(10-8-15)28(32)33)27(25(31)24(26)30)17-11-12-19-18-4-1-2-5-20(18)34-21(19)14-17/h1-2,4-5,7-12,14,23H,3,6,13H2. The minimum atomic E-state index is -1.49. The number of benzene rings is 3. The van der Waals surface area contributed by atoms with Gasteiger partial charge >= 0.3 is 0 Å². The first kappa shape index (κ1) is 20.3. The molecule has 2 fully saturated rings. The van der Waals surface area contributed by atoms with Gasteiger partial charge in [0.2, 0.25) is 5.78 Å². The fourth-order valence-corrected chi connectivity index (χ4v) is 5.52. The average Bonchev–Trinajstić information content (AvgIpc) is 3.47. The summed E-state index contributed by atoms with van der Waals surface area (Å²) in [5.74, 6) is -1.74. The molecule has 4 aromatic rings. The zero-order chi connectivity index (χ0) is 23.6. The van der Waals surface area contributed by atoms with Crippen molar-refractivity contribution in [2.75, 3.05) is 4.90 Å². The van der Waals surface area contributed by atoms with Crippen molar-refractivity contribution in [1.82, 2.24) is 0 Å². The predicted molar refractivity (Wildman–Crippen MR) is 123 cm³/mol. The lowest BCUT2D eigenvalue weighted by Gasteiger charge is -2.32. The van der Waals surface area contributed by atoms with E-state index >= 15 is 0 Å². The number of non-ortho nitro benzene ring substituents is 1. The number of carbonyl (C=O) groups is 3. The molecular formula is C26H18N2O6. The van der Waals surface area contributed by atoms with Crippen molar-refractivity contribution in [3.05, 3.63) is 82.4 Å². The number of amides is 1. The SMILES string of the molecule is O=C1C(=O)C2(CCCC2=O)C(c2ccc([N+](=O)[O-])cc2)N1c1ccc2c(c1)oc1ccccc12. The van der Waals surface area contributed by atoms with Crippen LogP contribution in [0, 0.1) is 15.5 Å². The Labute approximate surface area is 192 Å². The number of nitrogens with zero attached hydrogens (tertiary/aromatic N) is 2. The van der Waals surface area contributed by atoms with Crippen LogP contribution in [0.5, 0.6) is 0 Å². The zero-order valence-corrected chi connectivity index (χ0v) is 17.9. The van der Waals surface area contributed by atoms with Gasteiger partial charge in [0.15, 0.2) is 0 Å². The molecule has 8 heteroatoms. The fourth-order valence-electron chi connectivity index (χ4n) is 5.52. The molecule has 1 aliphatic heterocycles. The van der Waals surface area contributed by atoms with Gasteiger partial charge in [0.05, 0.1) is 11.0 Å². The van der Waals surface area contributed by atoms with Crippen molar-refractivity contribution in [2.45, 2.75) is 25.3 Å². The largest absolute Gasteiger partial charge is 0.456 e. The number of rotatable bonds is 3. The van der Waals surface area contributed by atoms with Crippen molar-refractivity contribution < 1.29 is 23.7 Å². The molecule has 34 heavy (non-hydrogen) atoms. The molecule has 1 spiro atoms. The minimum Gasteiger partial charge on any atom is -0.456 e. The van der Waals surface area contributed by atoms with Gasteiger partial charge in [0.1, 0.15) is 22.4 Å². The number of hydrogen-bond donors (Lipinski definition) is 0. The highest BCUT2D eigenvalue weighted by atomic mass is 16.6. The summed E-state index contributed by atoms with van der Waals surface area (Å²) in [5, 5.41) is 12.9. The Balaban J connectivity index is 1.55.